The first-order valence-electron chi connectivity index (χ1n) is 7.23. The SMILES string of the molecule is CNC1CCN(C(C)C2CCOCC2)C(C)C1. The monoisotopic (exact) mass is 240 g/mol. The van der Waals surface area contributed by atoms with E-state index in [0.29, 0.717) is 0 Å². The summed E-state index contributed by atoms with van der Waals surface area (Å²) in [5, 5.41) is 3.43. The molecular weight excluding hydrogens is 212 g/mol. The molecule has 100 valence electrons. The van der Waals surface area contributed by atoms with E-state index < -0.39 is 0 Å². The maximum atomic E-state index is 5.47. The largest absolute Gasteiger partial charge is 0.381 e. The molecule has 2 saturated heterocycles. The van der Waals surface area contributed by atoms with Crippen molar-refractivity contribution in [1.29, 1.82) is 0 Å². The Morgan fingerprint density at radius 2 is 1.94 bits per heavy atom. The van der Waals surface area contributed by atoms with Crippen LogP contribution >= 0.6 is 0 Å². The Morgan fingerprint density at radius 1 is 1.24 bits per heavy atom. The average molecular weight is 240 g/mol. The van der Waals surface area contributed by atoms with Gasteiger partial charge in [0, 0.05) is 37.9 Å². The zero-order chi connectivity index (χ0) is 12.3. The molecule has 2 rings (SSSR count). The molecule has 0 aromatic rings. The Bertz CT molecular complexity index is 228. The minimum atomic E-state index is 0.721. The van der Waals surface area contributed by atoms with E-state index in [-0.39, 0.29) is 0 Å². The van der Waals surface area contributed by atoms with Gasteiger partial charge in [0.1, 0.15) is 0 Å². The number of nitrogens with one attached hydrogen (secondary N) is 1. The van der Waals surface area contributed by atoms with E-state index >= 15 is 0 Å². The lowest BCUT2D eigenvalue weighted by Gasteiger charge is -2.44. The highest BCUT2D eigenvalue weighted by atomic mass is 16.5. The van der Waals surface area contributed by atoms with Crippen molar-refractivity contribution >= 4 is 0 Å². The Kier molecular flexibility index (Phi) is 4.83. The second-order valence-corrected chi connectivity index (χ2v) is 5.79. The van der Waals surface area contributed by atoms with Crippen LogP contribution in [0, 0.1) is 5.92 Å². The Morgan fingerprint density at radius 3 is 2.53 bits per heavy atom. The number of piperidine rings is 1. The first kappa shape index (κ1) is 13.3. The molecule has 3 nitrogen and oxygen atoms in total. The summed E-state index contributed by atoms with van der Waals surface area (Å²) in [6.45, 7) is 8.00. The van der Waals surface area contributed by atoms with E-state index in [9.17, 15) is 0 Å². The van der Waals surface area contributed by atoms with Crippen LogP contribution < -0.4 is 5.32 Å². The second-order valence-electron chi connectivity index (χ2n) is 5.79. The van der Waals surface area contributed by atoms with Crippen LogP contribution in [-0.4, -0.2) is 49.8 Å². The zero-order valence-electron chi connectivity index (χ0n) is 11.6. The van der Waals surface area contributed by atoms with Gasteiger partial charge in [-0.15, -0.1) is 0 Å². The number of hydrogen-bond acceptors (Lipinski definition) is 3. The van der Waals surface area contributed by atoms with Crippen molar-refractivity contribution in [3.63, 3.8) is 0 Å². The topological polar surface area (TPSA) is 24.5 Å². The van der Waals surface area contributed by atoms with Gasteiger partial charge in [0.2, 0.25) is 0 Å². The average Bonchev–Trinajstić information content (AvgIpc) is 2.39. The quantitative estimate of drug-likeness (QED) is 0.815. The molecule has 1 N–H and O–H groups in total. The molecule has 2 aliphatic rings. The molecule has 2 aliphatic heterocycles. The van der Waals surface area contributed by atoms with Gasteiger partial charge in [-0.2, -0.15) is 0 Å². The third-order valence-corrected chi connectivity index (χ3v) is 4.81. The van der Waals surface area contributed by atoms with Gasteiger partial charge in [-0.25, -0.2) is 0 Å². The van der Waals surface area contributed by atoms with E-state index in [1.807, 2.05) is 0 Å². The highest BCUT2D eigenvalue weighted by Crippen LogP contribution is 2.27. The summed E-state index contributed by atoms with van der Waals surface area (Å²) >= 11 is 0. The van der Waals surface area contributed by atoms with Crippen LogP contribution in [0.15, 0.2) is 0 Å². The summed E-state index contributed by atoms with van der Waals surface area (Å²) in [5.74, 6) is 0.845. The minimum Gasteiger partial charge on any atom is -0.381 e. The van der Waals surface area contributed by atoms with Gasteiger partial charge in [-0.1, -0.05) is 0 Å². The third kappa shape index (κ3) is 3.21. The standard InChI is InChI=1S/C14H28N2O/c1-11-10-14(15-3)4-7-16(11)12(2)13-5-8-17-9-6-13/h11-15H,4-10H2,1-3H3. The van der Waals surface area contributed by atoms with Gasteiger partial charge < -0.3 is 10.1 Å². The van der Waals surface area contributed by atoms with E-state index in [4.69, 9.17) is 4.74 Å². The Balaban J connectivity index is 1.88. The minimum absolute atomic E-state index is 0.721. The molecule has 0 radical (unpaired) electrons. The molecule has 3 atom stereocenters. The highest BCUT2D eigenvalue weighted by Gasteiger charge is 2.32. The summed E-state index contributed by atoms with van der Waals surface area (Å²) in [6.07, 6.45) is 5.10. The fourth-order valence-corrected chi connectivity index (χ4v) is 3.53. The smallest absolute Gasteiger partial charge is 0.0469 e. The lowest BCUT2D eigenvalue weighted by Crippen LogP contribution is -2.52. The van der Waals surface area contributed by atoms with Crippen LogP contribution in [0.2, 0.25) is 0 Å². The highest BCUT2D eigenvalue weighted by molar-refractivity contribution is 4.87. The molecule has 0 amide bonds. The van der Waals surface area contributed by atoms with Crippen LogP contribution in [0.3, 0.4) is 0 Å². The lowest BCUT2D eigenvalue weighted by atomic mass is 9.88. The molecule has 17 heavy (non-hydrogen) atoms. The van der Waals surface area contributed by atoms with Gasteiger partial charge in [-0.3, -0.25) is 4.90 Å². The zero-order valence-corrected chi connectivity index (χ0v) is 11.6. The molecular formula is C14H28N2O. The molecule has 0 aliphatic carbocycles. The van der Waals surface area contributed by atoms with E-state index in [0.717, 1.165) is 37.3 Å². The van der Waals surface area contributed by atoms with Gasteiger partial charge in [0.15, 0.2) is 0 Å². The van der Waals surface area contributed by atoms with Gasteiger partial charge in [0.25, 0.3) is 0 Å². The lowest BCUT2D eigenvalue weighted by molar-refractivity contribution is 0.00707. The van der Waals surface area contributed by atoms with Crippen molar-refractivity contribution < 1.29 is 4.74 Å². The number of likely N-dealkylation sites (tertiary alicyclic amines) is 1. The molecule has 0 aromatic heterocycles. The molecule has 0 spiro atoms. The van der Waals surface area contributed by atoms with Crippen LogP contribution in [0.25, 0.3) is 0 Å². The van der Waals surface area contributed by atoms with Crippen LogP contribution in [0.5, 0.6) is 0 Å². The van der Waals surface area contributed by atoms with Crippen LogP contribution in [0.4, 0.5) is 0 Å². The number of ether oxygens (including phenoxy) is 1. The predicted octanol–water partition coefficient (Wildman–Crippen LogP) is 1.87. The third-order valence-electron chi connectivity index (χ3n) is 4.81. The fourth-order valence-electron chi connectivity index (χ4n) is 3.53. The van der Waals surface area contributed by atoms with Crippen molar-refractivity contribution in [2.75, 3.05) is 26.8 Å². The van der Waals surface area contributed by atoms with Gasteiger partial charge in [-0.05, 0) is 52.5 Å². The number of rotatable bonds is 3. The Hall–Kier alpha value is -0.120. The molecule has 3 unspecified atom stereocenters. The fraction of sp³-hybridized carbons (Fsp3) is 1.00. The van der Waals surface area contributed by atoms with Crippen molar-refractivity contribution in [3.05, 3.63) is 0 Å². The van der Waals surface area contributed by atoms with Gasteiger partial charge >= 0.3 is 0 Å². The summed E-state index contributed by atoms with van der Waals surface area (Å²) in [6, 6.07) is 2.17. The molecule has 2 heterocycles. The molecule has 0 aromatic carbocycles. The number of hydrogen-bond donors (Lipinski definition) is 1. The normalized spacial score (nSPS) is 34.8. The van der Waals surface area contributed by atoms with Crippen molar-refractivity contribution in [1.82, 2.24) is 10.2 Å². The van der Waals surface area contributed by atoms with E-state index in [1.165, 1.54) is 32.2 Å². The maximum absolute atomic E-state index is 5.47. The van der Waals surface area contributed by atoms with E-state index in [1.54, 1.807) is 0 Å². The Labute approximate surface area is 106 Å². The number of nitrogens with zero attached hydrogens (tertiary/aromatic N) is 1. The maximum Gasteiger partial charge on any atom is 0.0469 e. The van der Waals surface area contributed by atoms with E-state index in [2.05, 4.69) is 31.1 Å². The summed E-state index contributed by atoms with van der Waals surface area (Å²) < 4.78 is 5.47. The first-order chi connectivity index (χ1) is 8.22. The van der Waals surface area contributed by atoms with Crippen molar-refractivity contribution in [2.45, 2.75) is 57.7 Å². The van der Waals surface area contributed by atoms with Crippen LogP contribution in [-0.2, 0) is 4.74 Å². The summed E-state index contributed by atoms with van der Waals surface area (Å²) in [4.78, 5) is 2.73. The first-order valence-corrected chi connectivity index (χ1v) is 7.23. The molecule has 0 saturated carbocycles. The predicted molar refractivity (Wildman–Crippen MR) is 71.3 cm³/mol. The summed E-state index contributed by atoms with van der Waals surface area (Å²) in [5.41, 5.74) is 0. The molecule has 0 bridgehead atoms. The summed E-state index contributed by atoms with van der Waals surface area (Å²) in [7, 11) is 2.09. The molecule has 2 fully saturated rings. The second kappa shape index (κ2) is 6.17. The van der Waals surface area contributed by atoms with Crippen LogP contribution in [0.1, 0.15) is 39.5 Å². The van der Waals surface area contributed by atoms with Crippen molar-refractivity contribution in [3.8, 4) is 0 Å². The van der Waals surface area contributed by atoms with Crippen molar-refractivity contribution in [2.24, 2.45) is 5.92 Å². The molecule has 3 heteroatoms. The van der Waals surface area contributed by atoms with Gasteiger partial charge in [0.05, 0.1) is 0 Å².